The van der Waals surface area contributed by atoms with Gasteiger partial charge in [-0.1, -0.05) is 31.4 Å². The molecular formula is C14H23ClNO+. The fourth-order valence-electron chi connectivity index (χ4n) is 1.88. The Hall–Kier alpha value is -0.730. The summed E-state index contributed by atoms with van der Waals surface area (Å²) < 4.78 is 5.32. The molecule has 0 spiro atoms. The van der Waals surface area contributed by atoms with Crippen LogP contribution in [0.15, 0.2) is 18.2 Å². The number of quaternary nitrogens is 1. The first kappa shape index (κ1) is 14.3. The predicted molar refractivity (Wildman–Crippen MR) is 72.6 cm³/mol. The molecule has 0 aliphatic rings. The second-order valence-corrected chi connectivity index (χ2v) is 4.73. The van der Waals surface area contributed by atoms with E-state index < -0.39 is 0 Å². The van der Waals surface area contributed by atoms with Gasteiger partial charge in [0.2, 0.25) is 0 Å². The molecule has 0 bridgehead atoms. The molecule has 96 valence electrons. The van der Waals surface area contributed by atoms with Crippen LogP contribution in [0, 0.1) is 0 Å². The van der Waals surface area contributed by atoms with E-state index in [2.05, 4.69) is 12.2 Å². The van der Waals surface area contributed by atoms with Crippen LogP contribution in [0.5, 0.6) is 5.75 Å². The lowest BCUT2D eigenvalue weighted by atomic mass is 10.2. The van der Waals surface area contributed by atoms with Gasteiger partial charge in [-0.2, -0.15) is 0 Å². The third-order valence-electron chi connectivity index (χ3n) is 2.87. The fraction of sp³-hybridized carbons (Fsp3) is 0.571. The Labute approximate surface area is 109 Å². The van der Waals surface area contributed by atoms with Gasteiger partial charge >= 0.3 is 0 Å². The third kappa shape index (κ3) is 5.42. The number of halogens is 1. The quantitative estimate of drug-likeness (QED) is 0.711. The van der Waals surface area contributed by atoms with Gasteiger partial charge in [-0.3, -0.25) is 0 Å². The highest BCUT2D eigenvalue weighted by Gasteiger charge is 2.05. The highest BCUT2D eigenvalue weighted by molar-refractivity contribution is 6.30. The molecule has 0 heterocycles. The van der Waals surface area contributed by atoms with Crippen molar-refractivity contribution in [1.29, 1.82) is 0 Å². The first-order valence-electron chi connectivity index (χ1n) is 6.42. The van der Waals surface area contributed by atoms with E-state index in [0.717, 1.165) is 17.3 Å². The van der Waals surface area contributed by atoms with Gasteiger partial charge < -0.3 is 10.1 Å². The topological polar surface area (TPSA) is 25.8 Å². The van der Waals surface area contributed by atoms with Crippen LogP contribution in [0.4, 0.5) is 0 Å². The Kier molecular flexibility index (Phi) is 7.06. The molecule has 1 aromatic carbocycles. The molecule has 0 amide bonds. The van der Waals surface area contributed by atoms with E-state index >= 15 is 0 Å². The zero-order valence-electron chi connectivity index (χ0n) is 10.8. The van der Waals surface area contributed by atoms with E-state index in [1.54, 1.807) is 7.11 Å². The molecule has 17 heavy (non-hydrogen) atoms. The number of benzene rings is 1. The number of hydrogen-bond acceptors (Lipinski definition) is 1. The first-order chi connectivity index (χ1) is 8.27. The molecule has 0 saturated carbocycles. The van der Waals surface area contributed by atoms with Gasteiger partial charge in [0.1, 0.15) is 12.3 Å². The van der Waals surface area contributed by atoms with Crippen LogP contribution in [-0.2, 0) is 6.54 Å². The summed E-state index contributed by atoms with van der Waals surface area (Å²) in [5, 5.41) is 3.10. The zero-order chi connectivity index (χ0) is 12.5. The second-order valence-electron chi connectivity index (χ2n) is 4.30. The summed E-state index contributed by atoms with van der Waals surface area (Å²) in [7, 11) is 1.70. The van der Waals surface area contributed by atoms with Crippen molar-refractivity contribution < 1.29 is 10.1 Å². The molecule has 0 fully saturated rings. The monoisotopic (exact) mass is 256 g/mol. The molecular weight excluding hydrogens is 234 g/mol. The lowest BCUT2D eigenvalue weighted by molar-refractivity contribution is -0.671. The largest absolute Gasteiger partial charge is 0.496 e. The predicted octanol–water partition coefficient (Wildman–Crippen LogP) is 2.99. The van der Waals surface area contributed by atoms with Crippen LogP contribution < -0.4 is 10.1 Å². The maximum atomic E-state index is 5.99. The fourth-order valence-corrected chi connectivity index (χ4v) is 2.07. The van der Waals surface area contributed by atoms with E-state index in [9.17, 15) is 0 Å². The number of hydrogen-bond donors (Lipinski definition) is 1. The minimum Gasteiger partial charge on any atom is -0.496 e. The minimum atomic E-state index is 0.778. The third-order valence-corrected chi connectivity index (χ3v) is 3.10. The number of unbranched alkanes of at least 4 members (excludes halogenated alkanes) is 3. The highest BCUT2D eigenvalue weighted by Crippen LogP contribution is 2.21. The van der Waals surface area contributed by atoms with Crippen molar-refractivity contribution in [1.82, 2.24) is 0 Å². The zero-order valence-corrected chi connectivity index (χ0v) is 11.6. The number of rotatable bonds is 8. The van der Waals surface area contributed by atoms with Crippen LogP contribution in [0.25, 0.3) is 0 Å². The van der Waals surface area contributed by atoms with Gasteiger partial charge in [0.25, 0.3) is 0 Å². The van der Waals surface area contributed by atoms with Gasteiger partial charge in [0.15, 0.2) is 0 Å². The van der Waals surface area contributed by atoms with Crippen molar-refractivity contribution in [2.75, 3.05) is 13.7 Å². The molecule has 1 rings (SSSR count). The number of methoxy groups -OCH3 is 1. The average molecular weight is 257 g/mol. The number of nitrogens with two attached hydrogens (primary N) is 1. The van der Waals surface area contributed by atoms with Crippen LogP contribution in [0.1, 0.15) is 38.2 Å². The van der Waals surface area contributed by atoms with E-state index in [1.165, 1.54) is 37.8 Å². The van der Waals surface area contributed by atoms with Crippen LogP contribution >= 0.6 is 11.6 Å². The van der Waals surface area contributed by atoms with E-state index in [0.29, 0.717) is 0 Å². The van der Waals surface area contributed by atoms with E-state index in [1.807, 2.05) is 18.2 Å². The summed E-state index contributed by atoms with van der Waals surface area (Å²) in [6.45, 7) is 4.35. The summed E-state index contributed by atoms with van der Waals surface area (Å²) in [4.78, 5) is 0. The molecule has 0 aromatic heterocycles. The van der Waals surface area contributed by atoms with Crippen molar-refractivity contribution in [3.05, 3.63) is 28.8 Å². The molecule has 0 aliphatic carbocycles. The maximum Gasteiger partial charge on any atom is 0.127 e. The Balaban J connectivity index is 2.32. The molecule has 0 saturated heterocycles. The maximum absolute atomic E-state index is 5.99. The molecule has 2 N–H and O–H groups in total. The molecule has 0 aliphatic heterocycles. The standard InChI is InChI=1S/C14H22ClNO/c1-3-4-5-6-9-16-11-12-10-13(15)7-8-14(12)17-2/h7-8,10,16H,3-6,9,11H2,1-2H3/p+1. The number of ether oxygens (including phenoxy) is 1. The summed E-state index contributed by atoms with van der Waals surface area (Å²) in [5.41, 5.74) is 1.18. The summed E-state index contributed by atoms with van der Waals surface area (Å²) in [5.74, 6) is 0.930. The minimum absolute atomic E-state index is 0.778. The van der Waals surface area contributed by atoms with Crippen LogP contribution in [0.2, 0.25) is 5.02 Å². The molecule has 2 nitrogen and oxygen atoms in total. The molecule has 0 unspecified atom stereocenters. The van der Waals surface area contributed by atoms with Gasteiger partial charge in [0, 0.05) is 10.6 Å². The summed E-state index contributed by atoms with van der Waals surface area (Å²) in [6, 6.07) is 5.79. The van der Waals surface area contributed by atoms with E-state index in [4.69, 9.17) is 16.3 Å². The van der Waals surface area contributed by atoms with Crippen molar-refractivity contribution >= 4 is 11.6 Å². The Morgan fingerprint density at radius 3 is 2.76 bits per heavy atom. The van der Waals surface area contributed by atoms with Gasteiger partial charge in [-0.15, -0.1) is 0 Å². The van der Waals surface area contributed by atoms with Crippen LogP contribution in [-0.4, -0.2) is 13.7 Å². The van der Waals surface area contributed by atoms with Gasteiger partial charge in [-0.25, -0.2) is 0 Å². The molecule has 1 aromatic rings. The van der Waals surface area contributed by atoms with Gasteiger partial charge in [0.05, 0.1) is 13.7 Å². The van der Waals surface area contributed by atoms with Crippen LogP contribution in [0.3, 0.4) is 0 Å². The average Bonchev–Trinajstić information content (AvgIpc) is 2.34. The SMILES string of the molecule is CCCCCC[NH2+]Cc1cc(Cl)ccc1OC. The van der Waals surface area contributed by atoms with Crippen molar-refractivity contribution in [2.45, 2.75) is 39.2 Å². The summed E-state index contributed by atoms with van der Waals surface area (Å²) >= 11 is 5.99. The second kappa shape index (κ2) is 8.37. The van der Waals surface area contributed by atoms with E-state index in [-0.39, 0.29) is 0 Å². The van der Waals surface area contributed by atoms with Crippen molar-refractivity contribution in [2.24, 2.45) is 0 Å². The molecule has 0 radical (unpaired) electrons. The Bertz CT molecular complexity index is 328. The first-order valence-corrected chi connectivity index (χ1v) is 6.79. The lowest BCUT2D eigenvalue weighted by Crippen LogP contribution is -2.82. The highest BCUT2D eigenvalue weighted by atomic mass is 35.5. The molecule has 0 atom stereocenters. The lowest BCUT2D eigenvalue weighted by Gasteiger charge is -2.08. The van der Waals surface area contributed by atoms with Crippen molar-refractivity contribution in [3.63, 3.8) is 0 Å². The Morgan fingerprint density at radius 1 is 1.24 bits per heavy atom. The molecule has 3 heteroatoms. The normalized spacial score (nSPS) is 10.5. The Morgan fingerprint density at radius 2 is 2.06 bits per heavy atom. The van der Waals surface area contributed by atoms with Gasteiger partial charge in [-0.05, 0) is 31.0 Å². The van der Waals surface area contributed by atoms with Crippen molar-refractivity contribution in [3.8, 4) is 5.75 Å². The summed E-state index contributed by atoms with van der Waals surface area (Å²) in [6.07, 6.45) is 5.26. The smallest absolute Gasteiger partial charge is 0.127 e.